The molecule has 0 saturated carbocycles. The highest BCUT2D eigenvalue weighted by atomic mass is 16.7. The molecule has 0 amide bonds. The van der Waals surface area contributed by atoms with Crippen molar-refractivity contribution in [3.8, 4) is 23.0 Å². The zero-order chi connectivity index (χ0) is 21.8. The number of hydrogen-bond acceptors (Lipinski definition) is 7. The molecule has 0 saturated heterocycles. The number of fused-ring (bicyclic) bond motifs is 4. The summed E-state index contributed by atoms with van der Waals surface area (Å²) in [6.45, 7) is 4.85. The fourth-order valence-electron chi connectivity index (χ4n) is 5.70. The Hall–Kier alpha value is -2.74. The Kier molecular flexibility index (Phi) is 4.66. The van der Waals surface area contributed by atoms with Gasteiger partial charge in [0.25, 0.3) is 0 Å². The summed E-state index contributed by atoms with van der Waals surface area (Å²) in [5.41, 5.74) is 1.54. The first-order chi connectivity index (χ1) is 15.1. The Bertz CT molecular complexity index is 1050. The van der Waals surface area contributed by atoms with Crippen LogP contribution in [0.15, 0.2) is 36.9 Å². The minimum atomic E-state index is -0.994. The highest BCUT2D eigenvalue weighted by Gasteiger charge is 2.66. The van der Waals surface area contributed by atoms with Crippen molar-refractivity contribution in [3.63, 3.8) is 0 Å². The molecular formula is C24H27NO6. The number of aliphatic hydroxyl groups is 1. The number of hydrogen-bond donors (Lipinski definition) is 2. The van der Waals surface area contributed by atoms with Crippen molar-refractivity contribution < 1.29 is 28.8 Å². The zero-order valence-corrected chi connectivity index (χ0v) is 18.0. The smallest absolute Gasteiger partial charge is 0.231 e. The standard InChI is InChI=1S/C24H27NO6/c1-5-9-23(29-4)20-15(6-7-17(27-2)21(20)28-3)22(26)24(23)16-12-19-18(30-13-31-19)11-14(16)8-10-25-24/h5-7,11-12,22,25-26H,1,8-10,13H2,2-4H3/t22-,23-,24+/m1/s1. The topological polar surface area (TPSA) is 78.4 Å². The maximum Gasteiger partial charge on any atom is 0.231 e. The molecule has 164 valence electrons. The zero-order valence-electron chi connectivity index (χ0n) is 18.0. The van der Waals surface area contributed by atoms with E-state index in [2.05, 4.69) is 11.9 Å². The van der Waals surface area contributed by atoms with Crippen LogP contribution >= 0.6 is 0 Å². The molecule has 7 nitrogen and oxygen atoms in total. The van der Waals surface area contributed by atoms with Crippen LogP contribution in [0.3, 0.4) is 0 Å². The van der Waals surface area contributed by atoms with Gasteiger partial charge in [0.15, 0.2) is 23.0 Å². The second kappa shape index (κ2) is 7.15. The van der Waals surface area contributed by atoms with Crippen LogP contribution in [-0.2, 0) is 22.3 Å². The van der Waals surface area contributed by atoms with Gasteiger partial charge in [-0.15, -0.1) is 6.58 Å². The van der Waals surface area contributed by atoms with Gasteiger partial charge in [0, 0.05) is 25.6 Å². The van der Waals surface area contributed by atoms with E-state index in [-0.39, 0.29) is 6.79 Å². The number of ether oxygens (including phenoxy) is 5. The van der Waals surface area contributed by atoms with Gasteiger partial charge in [-0.2, -0.15) is 0 Å². The summed E-state index contributed by atoms with van der Waals surface area (Å²) in [5, 5.41) is 15.5. The number of benzene rings is 2. The monoisotopic (exact) mass is 425 g/mol. The molecular weight excluding hydrogens is 398 g/mol. The first-order valence-electron chi connectivity index (χ1n) is 10.4. The minimum Gasteiger partial charge on any atom is -0.493 e. The van der Waals surface area contributed by atoms with E-state index in [1.165, 1.54) is 0 Å². The van der Waals surface area contributed by atoms with E-state index in [0.717, 1.165) is 34.4 Å². The normalized spacial score (nSPS) is 27.7. The highest BCUT2D eigenvalue weighted by molar-refractivity contribution is 5.64. The molecule has 5 rings (SSSR count). The van der Waals surface area contributed by atoms with Crippen molar-refractivity contribution in [1.82, 2.24) is 5.32 Å². The van der Waals surface area contributed by atoms with Gasteiger partial charge >= 0.3 is 0 Å². The van der Waals surface area contributed by atoms with E-state index in [1.807, 2.05) is 30.3 Å². The molecule has 2 heterocycles. The minimum absolute atomic E-state index is 0.189. The molecule has 2 N–H and O–H groups in total. The summed E-state index contributed by atoms with van der Waals surface area (Å²) in [5.74, 6) is 2.52. The van der Waals surface area contributed by atoms with Crippen LogP contribution in [0.4, 0.5) is 0 Å². The first kappa shape index (κ1) is 20.2. The van der Waals surface area contributed by atoms with Gasteiger partial charge in [-0.1, -0.05) is 12.1 Å². The molecule has 1 aliphatic carbocycles. The molecule has 0 unspecified atom stereocenters. The predicted octanol–water partition coefficient (Wildman–Crippen LogP) is 2.94. The third-order valence-corrected chi connectivity index (χ3v) is 6.93. The van der Waals surface area contributed by atoms with Gasteiger partial charge in [0.2, 0.25) is 6.79 Å². The van der Waals surface area contributed by atoms with Gasteiger partial charge in [-0.3, -0.25) is 0 Å². The lowest BCUT2D eigenvalue weighted by Gasteiger charge is -2.50. The molecule has 3 atom stereocenters. The number of nitrogens with one attached hydrogen (secondary N) is 1. The number of rotatable bonds is 5. The quantitative estimate of drug-likeness (QED) is 0.713. The van der Waals surface area contributed by atoms with Gasteiger partial charge < -0.3 is 34.1 Å². The van der Waals surface area contributed by atoms with Crippen molar-refractivity contribution in [2.45, 2.75) is 30.1 Å². The van der Waals surface area contributed by atoms with Gasteiger partial charge in [-0.05, 0) is 41.3 Å². The highest BCUT2D eigenvalue weighted by Crippen LogP contribution is 2.64. The summed E-state index contributed by atoms with van der Waals surface area (Å²) >= 11 is 0. The maximum atomic E-state index is 11.9. The molecule has 0 bridgehead atoms. The summed E-state index contributed by atoms with van der Waals surface area (Å²) in [4.78, 5) is 0. The van der Waals surface area contributed by atoms with E-state index in [4.69, 9.17) is 23.7 Å². The predicted molar refractivity (Wildman–Crippen MR) is 114 cm³/mol. The molecule has 1 spiro atoms. The molecule has 31 heavy (non-hydrogen) atoms. The molecule has 2 aliphatic heterocycles. The molecule has 0 fully saturated rings. The first-order valence-corrected chi connectivity index (χ1v) is 10.4. The van der Waals surface area contributed by atoms with Crippen molar-refractivity contribution in [1.29, 1.82) is 0 Å². The fraction of sp³-hybridized carbons (Fsp3) is 0.417. The Morgan fingerprint density at radius 1 is 1.19 bits per heavy atom. The summed E-state index contributed by atoms with van der Waals surface area (Å²) in [6.07, 6.45) is 2.15. The molecule has 0 radical (unpaired) electrons. The van der Waals surface area contributed by atoms with Crippen molar-refractivity contribution in [3.05, 3.63) is 59.2 Å². The van der Waals surface area contributed by atoms with E-state index in [0.29, 0.717) is 30.2 Å². The van der Waals surface area contributed by atoms with Crippen molar-refractivity contribution in [2.75, 3.05) is 34.7 Å². The van der Waals surface area contributed by atoms with Crippen LogP contribution < -0.4 is 24.3 Å². The maximum absolute atomic E-state index is 11.9. The second-order valence-corrected chi connectivity index (χ2v) is 8.04. The lowest BCUT2D eigenvalue weighted by atomic mass is 9.68. The lowest BCUT2D eigenvalue weighted by Crippen LogP contribution is -2.61. The van der Waals surface area contributed by atoms with Crippen molar-refractivity contribution in [2.24, 2.45) is 0 Å². The van der Waals surface area contributed by atoms with Crippen LogP contribution in [0.5, 0.6) is 23.0 Å². The average molecular weight is 425 g/mol. The van der Waals surface area contributed by atoms with Crippen LogP contribution in [0.1, 0.15) is 34.8 Å². The Balaban J connectivity index is 1.86. The Morgan fingerprint density at radius 3 is 2.65 bits per heavy atom. The third kappa shape index (κ3) is 2.39. The number of methoxy groups -OCH3 is 3. The lowest BCUT2D eigenvalue weighted by molar-refractivity contribution is -0.126. The molecule has 0 aromatic heterocycles. The van der Waals surface area contributed by atoms with Gasteiger partial charge in [-0.25, -0.2) is 0 Å². The van der Waals surface area contributed by atoms with E-state index >= 15 is 0 Å². The number of aliphatic hydroxyl groups excluding tert-OH is 1. The fourth-order valence-corrected chi connectivity index (χ4v) is 5.70. The summed E-state index contributed by atoms with van der Waals surface area (Å²) in [6, 6.07) is 7.69. The van der Waals surface area contributed by atoms with Crippen LogP contribution in [0, 0.1) is 0 Å². The molecule has 3 aliphatic rings. The van der Waals surface area contributed by atoms with Gasteiger partial charge in [0.1, 0.15) is 17.2 Å². The van der Waals surface area contributed by atoms with E-state index < -0.39 is 17.2 Å². The van der Waals surface area contributed by atoms with Crippen LogP contribution in [0.2, 0.25) is 0 Å². The SMILES string of the molecule is C=CC[C@@]1(OC)c2c(ccc(OC)c2OC)[C@@H](O)[C@]12NCCc1cc3c(cc12)OCO3. The van der Waals surface area contributed by atoms with E-state index in [1.54, 1.807) is 21.3 Å². The summed E-state index contributed by atoms with van der Waals surface area (Å²) in [7, 11) is 4.86. The van der Waals surface area contributed by atoms with Crippen LogP contribution in [0.25, 0.3) is 0 Å². The van der Waals surface area contributed by atoms with Gasteiger partial charge in [0.05, 0.1) is 14.2 Å². The summed E-state index contributed by atoms with van der Waals surface area (Å²) < 4.78 is 29.0. The largest absolute Gasteiger partial charge is 0.493 e. The molecule has 7 heteroatoms. The molecule has 2 aromatic rings. The van der Waals surface area contributed by atoms with Crippen molar-refractivity contribution >= 4 is 0 Å². The second-order valence-electron chi connectivity index (χ2n) is 8.04. The van der Waals surface area contributed by atoms with E-state index in [9.17, 15) is 5.11 Å². The van der Waals surface area contributed by atoms with Crippen LogP contribution in [-0.4, -0.2) is 39.8 Å². The average Bonchev–Trinajstić information content (AvgIpc) is 3.33. The Labute approximate surface area is 181 Å². The Morgan fingerprint density at radius 2 is 1.97 bits per heavy atom. The molecule has 2 aromatic carbocycles. The third-order valence-electron chi connectivity index (χ3n) is 6.93.